The van der Waals surface area contributed by atoms with E-state index in [0.717, 1.165) is 12.1 Å². The van der Waals surface area contributed by atoms with E-state index in [9.17, 15) is 22.8 Å². The second-order valence-corrected chi connectivity index (χ2v) is 9.44. The number of carbonyl (C=O) groups excluding carboxylic acids is 2. The van der Waals surface area contributed by atoms with Gasteiger partial charge in [-0.15, -0.1) is 0 Å². The van der Waals surface area contributed by atoms with Gasteiger partial charge in [-0.3, -0.25) is 14.5 Å². The van der Waals surface area contributed by atoms with E-state index in [0.29, 0.717) is 34.8 Å². The highest BCUT2D eigenvalue weighted by Crippen LogP contribution is 2.50. The molecule has 0 saturated carbocycles. The molecule has 4 rings (SSSR count). The summed E-state index contributed by atoms with van der Waals surface area (Å²) >= 11 is 0. The molecule has 2 aromatic carbocycles. The van der Waals surface area contributed by atoms with Crippen molar-refractivity contribution < 1.29 is 32.2 Å². The zero-order valence-electron chi connectivity index (χ0n) is 19.5. The maximum Gasteiger partial charge on any atom is 0.416 e. The molecule has 1 amide bonds. The number of hydrogen-bond acceptors (Lipinski definition) is 4. The molecule has 0 bridgehead atoms. The van der Waals surface area contributed by atoms with Crippen molar-refractivity contribution >= 4 is 17.4 Å². The molecule has 1 aliphatic carbocycles. The Morgan fingerprint density at radius 1 is 1.00 bits per heavy atom. The van der Waals surface area contributed by atoms with Gasteiger partial charge in [-0.2, -0.15) is 13.2 Å². The van der Waals surface area contributed by atoms with Gasteiger partial charge >= 0.3 is 6.18 Å². The number of hydrogen-bond donors (Lipinski definition) is 0. The van der Waals surface area contributed by atoms with Crippen molar-refractivity contribution in [2.24, 2.45) is 5.41 Å². The number of allylic oxidation sites excluding steroid dienone is 2. The standard InChI is InChI=1S/C26H26F3NO4/c1-25(2)13-20-24(21(31)14-25)19(18-9-8-17(33-3)11-22(18)34-4)12-23(32)30(20)16-7-5-6-15(10-16)26(27,28)29/h5-11,19H,12-14H2,1-4H3. The van der Waals surface area contributed by atoms with Crippen LogP contribution in [0.1, 0.15) is 50.2 Å². The number of rotatable bonds is 4. The van der Waals surface area contributed by atoms with Crippen molar-refractivity contribution in [1.82, 2.24) is 0 Å². The zero-order valence-corrected chi connectivity index (χ0v) is 19.5. The van der Waals surface area contributed by atoms with Crippen molar-refractivity contribution in [3.05, 3.63) is 64.9 Å². The van der Waals surface area contributed by atoms with Crippen LogP contribution in [-0.2, 0) is 15.8 Å². The molecular weight excluding hydrogens is 447 g/mol. The summed E-state index contributed by atoms with van der Waals surface area (Å²) in [5.74, 6) is 0.00633. The van der Waals surface area contributed by atoms with E-state index in [1.54, 1.807) is 18.2 Å². The van der Waals surface area contributed by atoms with Crippen LogP contribution in [0.4, 0.5) is 18.9 Å². The molecule has 0 N–H and O–H groups in total. The molecule has 180 valence electrons. The van der Waals surface area contributed by atoms with Crippen molar-refractivity contribution in [2.45, 2.75) is 45.2 Å². The molecule has 8 heteroatoms. The number of benzene rings is 2. The van der Waals surface area contributed by atoms with Crippen LogP contribution < -0.4 is 14.4 Å². The Morgan fingerprint density at radius 3 is 2.38 bits per heavy atom. The van der Waals surface area contributed by atoms with Gasteiger partial charge in [0, 0.05) is 47.3 Å². The molecule has 0 saturated heterocycles. The lowest BCUT2D eigenvalue weighted by Crippen LogP contribution is -2.43. The minimum absolute atomic E-state index is 0.0655. The number of amides is 1. The number of ether oxygens (including phenoxy) is 2. The Balaban J connectivity index is 1.91. The van der Waals surface area contributed by atoms with Crippen LogP contribution in [0.3, 0.4) is 0 Å². The first-order chi connectivity index (χ1) is 15.9. The van der Waals surface area contributed by atoms with Gasteiger partial charge in [0.25, 0.3) is 0 Å². The minimum atomic E-state index is -4.55. The Labute approximate surface area is 196 Å². The number of alkyl halides is 3. The lowest BCUT2D eigenvalue weighted by Gasteiger charge is -2.43. The van der Waals surface area contributed by atoms with Crippen molar-refractivity contribution in [3.8, 4) is 11.5 Å². The van der Waals surface area contributed by atoms with Gasteiger partial charge in [0.15, 0.2) is 5.78 Å². The first-order valence-corrected chi connectivity index (χ1v) is 10.9. The van der Waals surface area contributed by atoms with E-state index in [-0.39, 0.29) is 30.2 Å². The van der Waals surface area contributed by atoms with Gasteiger partial charge in [-0.05, 0) is 36.1 Å². The summed E-state index contributed by atoms with van der Waals surface area (Å²) in [4.78, 5) is 28.2. The van der Waals surface area contributed by atoms with E-state index < -0.39 is 23.1 Å². The maximum atomic E-state index is 13.5. The highest BCUT2D eigenvalue weighted by Gasteiger charge is 2.45. The molecule has 0 fully saturated rings. The minimum Gasteiger partial charge on any atom is -0.497 e. The summed E-state index contributed by atoms with van der Waals surface area (Å²) in [6.45, 7) is 3.84. The maximum absolute atomic E-state index is 13.5. The third-order valence-corrected chi connectivity index (χ3v) is 6.39. The molecule has 2 aliphatic rings. The van der Waals surface area contributed by atoms with Crippen molar-refractivity contribution in [3.63, 3.8) is 0 Å². The molecular formula is C26H26F3NO4. The van der Waals surface area contributed by atoms with Crippen LogP contribution in [-0.4, -0.2) is 25.9 Å². The van der Waals surface area contributed by atoms with Crippen LogP contribution >= 0.6 is 0 Å². The van der Waals surface area contributed by atoms with Gasteiger partial charge in [0.1, 0.15) is 11.5 Å². The van der Waals surface area contributed by atoms with Crippen molar-refractivity contribution in [1.29, 1.82) is 0 Å². The number of ketones is 1. The topological polar surface area (TPSA) is 55.8 Å². The fourth-order valence-electron chi connectivity index (χ4n) is 4.91. The molecule has 0 spiro atoms. The zero-order chi connectivity index (χ0) is 24.8. The van der Waals surface area contributed by atoms with Gasteiger partial charge in [-0.25, -0.2) is 0 Å². The van der Waals surface area contributed by atoms with Gasteiger partial charge in [0.05, 0.1) is 19.8 Å². The Bertz CT molecular complexity index is 1180. The van der Waals surface area contributed by atoms with E-state index in [4.69, 9.17) is 9.47 Å². The number of carbonyl (C=O) groups is 2. The van der Waals surface area contributed by atoms with Crippen LogP contribution in [0.25, 0.3) is 0 Å². The average molecular weight is 473 g/mol. The van der Waals surface area contributed by atoms with Crippen LogP contribution in [0, 0.1) is 5.41 Å². The van der Waals surface area contributed by atoms with Crippen molar-refractivity contribution in [2.75, 3.05) is 19.1 Å². The third kappa shape index (κ3) is 4.29. The van der Waals surface area contributed by atoms with Crippen LogP contribution in [0.5, 0.6) is 11.5 Å². The summed E-state index contributed by atoms with van der Waals surface area (Å²) in [5.41, 5.74) is 0.403. The molecule has 5 nitrogen and oxygen atoms in total. The number of anilines is 1. The van der Waals surface area contributed by atoms with Gasteiger partial charge < -0.3 is 9.47 Å². The molecule has 0 aromatic heterocycles. The lowest BCUT2D eigenvalue weighted by atomic mass is 9.69. The Morgan fingerprint density at radius 2 is 1.74 bits per heavy atom. The molecule has 1 atom stereocenters. The van der Waals surface area contributed by atoms with Crippen LogP contribution in [0.15, 0.2) is 53.7 Å². The fraction of sp³-hybridized carbons (Fsp3) is 0.385. The molecule has 2 aromatic rings. The number of halogens is 3. The normalized spacial score (nSPS) is 20.3. The first-order valence-electron chi connectivity index (χ1n) is 10.9. The highest BCUT2D eigenvalue weighted by atomic mass is 19.4. The fourth-order valence-corrected chi connectivity index (χ4v) is 4.91. The summed E-state index contributed by atoms with van der Waals surface area (Å²) in [5, 5.41) is 0. The summed E-state index contributed by atoms with van der Waals surface area (Å²) in [6, 6.07) is 9.87. The SMILES string of the molecule is COc1ccc(C2CC(=O)N(c3cccc(C(F)(F)F)c3)C3=C2C(=O)CC(C)(C)C3)c(OC)c1. The third-order valence-electron chi connectivity index (χ3n) is 6.39. The van der Waals surface area contributed by atoms with E-state index >= 15 is 0 Å². The summed E-state index contributed by atoms with van der Waals surface area (Å²) in [7, 11) is 3.03. The Hall–Kier alpha value is -3.29. The molecule has 1 unspecified atom stereocenters. The predicted molar refractivity (Wildman–Crippen MR) is 121 cm³/mol. The molecule has 1 aliphatic heterocycles. The number of nitrogens with zero attached hydrogens (tertiary/aromatic N) is 1. The second-order valence-electron chi connectivity index (χ2n) is 9.44. The van der Waals surface area contributed by atoms with E-state index in [1.807, 2.05) is 13.8 Å². The first kappa shape index (κ1) is 23.9. The van der Waals surface area contributed by atoms with Gasteiger partial charge in [-0.1, -0.05) is 26.0 Å². The molecule has 0 radical (unpaired) electrons. The highest BCUT2D eigenvalue weighted by molar-refractivity contribution is 6.08. The van der Waals surface area contributed by atoms with Crippen LogP contribution in [0.2, 0.25) is 0 Å². The second kappa shape index (κ2) is 8.49. The largest absolute Gasteiger partial charge is 0.497 e. The molecule has 34 heavy (non-hydrogen) atoms. The number of Topliss-reactive ketones (excluding diaryl/α,β-unsaturated/α-hetero) is 1. The van der Waals surface area contributed by atoms with Gasteiger partial charge in [0.2, 0.25) is 5.91 Å². The average Bonchev–Trinajstić information content (AvgIpc) is 2.76. The number of methoxy groups -OCH3 is 2. The summed E-state index contributed by atoms with van der Waals surface area (Å²) < 4.78 is 51.0. The smallest absolute Gasteiger partial charge is 0.416 e. The quantitative estimate of drug-likeness (QED) is 0.556. The summed E-state index contributed by atoms with van der Waals surface area (Å²) in [6.07, 6.45) is -3.95. The predicted octanol–water partition coefficient (Wildman–Crippen LogP) is 5.89. The Kier molecular flexibility index (Phi) is 5.96. The monoisotopic (exact) mass is 473 g/mol. The molecule has 1 heterocycles. The lowest BCUT2D eigenvalue weighted by molar-refractivity contribution is -0.137. The van der Waals surface area contributed by atoms with E-state index in [2.05, 4.69) is 0 Å². The van der Waals surface area contributed by atoms with E-state index in [1.165, 1.54) is 31.3 Å².